The fourth-order valence-corrected chi connectivity index (χ4v) is 2.71. The van der Waals surface area contributed by atoms with Crippen LogP contribution in [0.15, 0.2) is 18.2 Å². The summed E-state index contributed by atoms with van der Waals surface area (Å²) < 4.78 is 50.9. The molecule has 0 amide bonds. The van der Waals surface area contributed by atoms with Gasteiger partial charge in [-0.15, -0.1) is 0 Å². The van der Waals surface area contributed by atoms with E-state index in [-0.39, 0.29) is 0 Å². The van der Waals surface area contributed by atoms with Crippen molar-refractivity contribution in [2.45, 2.75) is 44.8 Å². The molecule has 1 saturated carbocycles. The predicted octanol–water partition coefficient (Wildman–Crippen LogP) is 4.51. The van der Waals surface area contributed by atoms with Crippen LogP contribution in [0.5, 0.6) is 0 Å². The Labute approximate surface area is 116 Å². The molecule has 1 aromatic carbocycles. The molecule has 1 aliphatic rings. The monoisotopic (exact) mass is 289 g/mol. The third-order valence-electron chi connectivity index (χ3n) is 3.82. The van der Waals surface area contributed by atoms with E-state index in [0.717, 1.165) is 18.7 Å². The smallest absolute Gasteiger partial charge is 0.312 e. The maximum atomic E-state index is 13.1. The second-order valence-corrected chi connectivity index (χ2v) is 5.45. The average Bonchev–Trinajstić information content (AvgIpc) is 2.40. The van der Waals surface area contributed by atoms with Gasteiger partial charge in [0.15, 0.2) is 0 Å². The highest BCUT2D eigenvalue weighted by atomic mass is 19.4. The van der Waals surface area contributed by atoms with Gasteiger partial charge in [0.1, 0.15) is 5.82 Å². The zero-order valence-corrected chi connectivity index (χ0v) is 11.3. The van der Waals surface area contributed by atoms with E-state index in [1.165, 1.54) is 38.2 Å². The second-order valence-electron chi connectivity index (χ2n) is 5.45. The highest BCUT2D eigenvalue weighted by Crippen LogP contribution is 2.32. The standard InChI is InChI=1S/C15H19F4N/c16-14-7-6-12(8-13(14)15(17,18)19)10-20-9-11-4-2-1-3-5-11/h6-8,11,20H,1-5,9-10H2. The molecule has 0 atom stereocenters. The van der Waals surface area contributed by atoms with Crippen molar-refractivity contribution in [3.63, 3.8) is 0 Å². The number of alkyl halides is 3. The number of rotatable bonds is 4. The summed E-state index contributed by atoms with van der Waals surface area (Å²) >= 11 is 0. The fourth-order valence-electron chi connectivity index (χ4n) is 2.71. The molecule has 1 aromatic rings. The molecule has 0 aliphatic heterocycles. The Morgan fingerprint density at radius 3 is 2.45 bits per heavy atom. The Kier molecular flexibility index (Phi) is 5.02. The van der Waals surface area contributed by atoms with Crippen LogP contribution in [0.3, 0.4) is 0 Å². The van der Waals surface area contributed by atoms with Gasteiger partial charge in [-0.05, 0) is 43.0 Å². The Hall–Kier alpha value is -1.10. The zero-order valence-electron chi connectivity index (χ0n) is 11.3. The minimum absolute atomic E-state index is 0.347. The lowest BCUT2D eigenvalue weighted by Gasteiger charge is -2.21. The summed E-state index contributed by atoms with van der Waals surface area (Å²) in [4.78, 5) is 0. The van der Waals surface area contributed by atoms with E-state index in [4.69, 9.17) is 0 Å². The van der Waals surface area contributed by atoms with Gasteiger partial charge in [-0.2, -0.15) is 13.2 Å². The largest absolute Gasteiger partial charge is 0.419 e. The van der Waals surface area contributed by atoms with Crippen LogP contribution in [0.4, 0.5) is 17.6 Å². The van der Waals surface area contributed by atoms with Crippen LogP contribution in [-0.2, 0) is 12.7 Å². The molecule has 1 fully saturated rings. The summed E-state index contributed by atoms with van der Waals surface area (Å²) in [6.45, 7) is 1.17. The van der Waals surface area contributed by atoms with Crippen LogP contribution < -0.4 is 5.32 Å². The molecule has 112 valence electrons. The summed E-state index contributed by atoms with van der Waals surface area (Å²) in [7, 11) is 0. The van der Waals surface area contributed by atoms with Crippen LogP contribution in [0.2, 0.25) is 0 Å². The molecule has 0 spiro atoms. The topological polar surface area (TPSA) is 12.0 Å². The lowest BCUT2D eigenvalue weighted by molar-refractivity contribution is -0.140. The number of benzene rings is 1. The molecule has 0 unspecified atom stereocenters. The molecule has 0 heterocycles. The van der Waals surface area contributed by atoms with Crippen molar-refractivity contribution in [1.29, 1.82) is 0 Å². The molecule has 0 saturated heterocycles. The minimum atomic E-state index is -4.64. The molecular formula is C15H19F4N. The van der Waals surface area contributed by atoms with Gasteiger partial charge in [0.05, 0.1) is 5.56 Å². The van der Waals surface area contributed by atoms with Crippen LogP contribution in [0.1, 0.15) is 43.2 Å². The molecule has 0 aromatic heterocycles. The molecule has 2 rings (SSSR count). The van der Waals surface area contributed by atoms with Crippen molar-refractivity contribution in [2.75, 3.05) is 6.54 Å². The van der Waals surface area contributed by atoms with E-state index in [0.29, 0.717) is 18.0 Å². The van der Waals surface area contributed by atoms with E-state index in [1.54, 1.807) is 0 Å². The van der Waals surface area contributed by atoms with Crippen LogP contribution in [0.25, 0.3) is 0 Å². The van der Waals surface area contributed by atoms with E-state index in [2.05, 4.69) is 5.32 Å². The zero-order chi connectivity index (χ0) is 14.6. The van der Waals surface area contributed by atoms with E-state index in [1.807, 2.05) is 0 Å². The number of nitrogens with one attached hydrogen (secondary N) is 1. The Morgan fingerprint density at radius 2 is 1.80 bits per heavy atom. The number of halogens is 4. The average molecular weight is 289 g/mol. The molecule has 1 aliphatic carbocycles. The Bertz CT molecular complexity index is 436. The lowest BCUT2D eigenvalue weighted by atomic mass is 9.89. The molecule has 20 heavy (non-hydrogen) atoms. The summed E-state index contributed by atoms with van der Waals surface area (Å²) in [5.74, 6) is -0.597. The van der Waals surface area contributed by atoms with E-state index < -0.39 is 17.6 Å². The number of hydrogen-bond donors (Lipinski definition) is 1. The Morgan fingerprint density at radius 1 is 1.10 bits per heavy atom. The molecule has 5 heteroatoms. The molecule has 1 N–H and O–H groups in total. The first-order chi connectivity index (χ1) is 9.47. The van der Waals surface area contributed by atoms with Gasteiger partial charge in [0.25, 0.3) is 0 Å². The van der Waals surface area contributed by atoms with Crippen LogP contribution in [-0.4, -0.2) is 6.54 Å². The quantitative estimate of drug-likeness (QED) is 0.804. The van der Waals surface area contributed by atoms with Crippen LogP contribution in [0, 0.1) is 11.7 Å². The number of hydrogen-bond acceptors (Lipinski definition) is 1. The van der Waals surface area contributed by atoms with E-state index >= 15 is 0 Å². The first kappa shape index (κ1) is 15.3. The van der Waals surface area contributed by atoms with Gasteiger partial charge in [-0.1, -0.05) is 25.3 Å². The summed E-state index contributed by atoms with van der Waals surface area (Å²) in [5.41, 5.74) is -0.719. The van der Waals surface area contributed by atoms with Gasteiger partial charge in [0.2, 0.25) is 0 Å². The maximum absolute atomic E-state index is 13.1. The van der Waals surface area contributed by atoms with Crippen molar-refractivity contribution in [3.8, 4) is 0 Å². The fraction of sp³-hybridized carbons (Fsp3) is 0.600. The van der Waals surface area contributed by atoms with Crippen LogP contribution >= 0.6 is 0 Å². The highest BCUT2D eigenvalue weighted by molar-refractivity contribution is 5.27. The lowest BCUT2D eigenvalue weighted by Crippen LogP contribution is -2.24. The second kappa shape index (κ2) is 6.57. The van der Waals surface area contributed by atoms with Gasteiger partial charge in [0, 0.05) is 6.54 Å². The molecule has 1 nitrogen and oxygen atoms in total. The maximum Gasteiger partial charge on any atom is 0.419 e. The van der Waals surface area contributed by atoms with Gasteiger partial charge >= 0.3 is 6.18 Å². The van der Waals surface area contributed by atoms with E-state index in [9.17, 15) is 17.6 Å². The van der Waals surface area contributed by atoms with Gasteiger partial charge in [-0.25, -0.2) is 4.39 Å². The molecular weight excluding hydrogens is 270 g/mol. The molecule has 0 radical (unpaired) electrons. The summed E-state index contributed by atoms with van der Waals surface area (Å²) in [6, 6.07) is 3.18. The van der Waals surface area contributed by atoms with Crippen molar-refractivity contribution < 1.29 is 17.6 Å². The van der Waals surface area contributed by atoms with Crippen molar-refractivity contribution in [3.05, 3.63) is 35.1 Å². The van der Waals surface area contributed by atoms with Crippen molar-refractivity contribution in [2.24, 2.45) is 5.92 Å². The van der Waals surface area contributed by atoms with Crippen molar-refractivity contribution >= 4 is 0 Å². The Balaban J connectivity index is 1.89. The third kappa shape index (κ3) is 4.20. The predicted molar refractivity (Wildman–Crippen MR) is 69.7 cm³/mol. The minimum Gasteiger partial charge on any atom is -0.312 e. The highest BCUT2D eigenvalue weighted by Gasteiger charge is 2.34. The third-order valence-corrected chi connectivity index (χ3v) is 3.82. The summed E-state index contributed by atoms with van der Waals surface area (Å²) in [5, 5.41) is 3.18. The SMILES string of the molecule is Fc1ccc(CNCC2CCCCC2)cc1C(F)(F)F. The van der Waals surface area contributed by atoms with Crippen molar-refractivity contribution in [1.82, 2.24) is 5.32 Å². The van der Waals surface area contributed by atoms with Gasteiger partial charge in [-0.3, -0.25) is 0 Å². The first-order valence-electron chi connectivity index (χ1n) is 7.03. The first-order valence-corrected chi connectivity index (χ1v) is 7.03. The normalized spacial score (nSPS) is 17.4. The summed E-state index contributed by atoms with van der Waals surface area (Å²) in [6.07, 6.45) is 1.49. The molecule has 0 bridgehead atoms. The van der Waals surface area contributed by atoms with Gasteiger partial charge < -0.3 is 5.32 Å².